The predicted octanol–water partition coefficient (Wildman–Crippen LogP) is 3.56. The van der Waals surface area contributed by atoms with Gasteiger partial charge in [-0.15, -0.1) is 0 Å². The zero-order valence-corrected chi connectivity index (χ0v) is 14.0. The topological polar surface area (TPSA) is 70.8 Å². The lowest BCUT2D eigenvalue weighted by Gasteiger charge is -2.08. The van der Waals surface area contributed by atoms with E-state index in [4.69, 9.17) is 5.73 Å². The molecule has 2 aromatic carbocycles. The van der Waals surface area contributed by atoms with Crippen LogP contribution in [-0.2, 0) is 6.54 Å². The van der Waals surface area contributed by atoms with Gasteiger partial charge in [0.05, 0.1) is 33.2 Å². The van der Waals surface area contributed by atoms with Gasteiger partial charge in [0.15, 0.2) is 0 Å². The minimum atomic E-state index is -0.381. The van der Waals surface area contributed by atoms with Crippen LogP contribution in [0.5, 0.6) is 0 Å². The molecule has 126 valence electrons. The largest absolute Gasteiger partial charge is 0.397 e. The Bertz CT molecular complexity index is 1080. The third-order valence-corrected chi connectivity index (χ3v) is 4.18. The Morgan fingerprint density at radius 3 is 2.80 bits per heavy atom. The van der Waals surface area contributed by atoms with Crippen molar-refractivity contribution in [3.05, 3.63) is 54.0 Å². The lowest BCUT2D eigenvalue weighted by molar-refractivity contribution is 0.402. The van der Waals surface area contributed by atoms with Gasteiger partial charge in [0, 0.05) is 12.7 Å². The van der Waals surface area contributed by atoms with Gasteiger partial charge >= 0.3 is 0 Å². The second kappa shape index (κ2) is 5.82. The van der Waals surface area contributed by atoms with E-state index in [2.05, 4.69) is 32.0 Å². The highest BCUT2D eigenvalue weighted by Gasteiger charge is 2.14. The number of anilines is 1. The van der Waals surface area contributed by atoms with E-state index in [1.165, 1.54) is 11.6 Å². The van der Waals surface area contributed by atoms with E-state index >= 15 is 0 Å². The van der Waals surface area contributed by atoms with E-state index in [9.17, 15) is 4.39 Å². The number of hydrogen-bond donors (Lipinski definition) is 2. The smallest absolute Gasteiger partial charge is 0.142 e. The number of fused-ring (bicyclic) bond motifs is 2. The van der Waals surface area contributed by atoms with E-state index in [1.807, 2.05) is 20.2 Å². The molecular weight excluding hydrogens is 317 g/mol. The van der Waals surface area contributed by atoms with Gasteiger partial charge in [-0.3, -0.25) is 4.98 Å². The lowest BCUT2D eigenvalue weighted by atomic mass is 10.1. The molecule has 25 heavy (non-hydrogen) atoms. The van der Waals surface area contributed by atoms with Crippen molar-refractivity contribution < 1.29 is 4.39 Å². The number of H-pyrrole nitrogens is 1. The van der Waals surface area contributed by atoms with Crippen LogP contribution in [0, 0.1) is 5.82 Å². The number of nitrogens with two attached hydrogens (primary N) is 1. The molecule has 2 aromatic heterocycles. The molecule has 5 nitrogen and oxygen atoms in total. The number of imidazole rings is 1. The van der Waals surface area contributed by atoms with Crippen LogP contribution in [0.1, 0.15) is 5.56 Å². The molecule has 0 aliphatic rings. The summed E-state index contributed by atoms with van der Waals surface area (Å²) in [7, 11) is 4.05. The Morgan fingerprint density at radius 2 is 2.00 bits per heavy atom. The zero-order valence-electron chi connectivity index (χ0n) is 14.0. The van der Waals surface area contributed by atoms with Crippen molar-refractivity contribution in [3.8, 4) is 11.4 Å². The number of rotatable bonds is 3. The fraction of sp³-hybridized carbons (Fsp3) is 0.158. The summed E-state index contributed by atoms with van der Waals surface area (Å²) in [5, 5.41) is 0.328. The first-order valence-electron chi connectivity index (χ1n) is 7.99. The van der Waals surface area contributed by atoms with Gasteiger partial charge in [-0.2, -0.15) is 0 Å². The monoisotopic (exact) mass is 335 g/mol. The van der Waals surface area contributed by atoms with Crippen molar-refractivity contribution in [3.63, 3.8) is 0 Å². The lowest BCUT2D eigenvalue weighted by Crippen LogP contribution is -2.10. The number of nitrogens with one attached hydrogen (secondary N) is 1. The summed E-state index contributed by atoms with van der Waals surface area (Å²) in [5.74, 6) is 0.209. The summed E-state index contributed by atoms with van der Waals surface area (Å²) in [6.07, 6.45) is 1.63. The number of halogens is 1. The quantitative estimate of drug-likeness (QED) is 0.600. The van der Waals surface area contributed by atoms with Crippen LogP contribution >= 0.6 is 0 Å². The van der Waals surface area contributed by atoms with Gasteiger partial charge < -0.3 is 15.6 Å². The molecule has 0 amide bonds. The van der Waals surface area contributed by atoms with Crippen molar-refractivity contribution in [1.29, 1.82) is 0 Å². The molecule has 0 unspecified atom stereocenters. The van der Waals surface area contributed by atoms with Crippen molar-refractivity contribution in [2.45, 2.75) is 6.54 Å². The highest BCUT2D eigenvalue weighted by Crippen LogP contribution is 2.32. The molecule has 4 rings (SSSR count). The number of pyridine rings is 1. The van der Waals surface area contributed by atoms with E-state index in [1.54, 1.807) is 18.3 Å². The summed E-state index contributed by atoms with van der Waals surface area (Å²) in [6.45, 7) is 0.842. The molecule has 0 bridgehead atoms. The van der Waals surface area contributed by atoms with Gasteiger partial charge in [-0.05, 0) is 43.9 Å². The van der Waals surface area contributed by atoms with Gasteiger partial charge in [0.2, 0.25) is 0 Å². The Kier molecular flexibility index (Phi) is 3.62. The van der Waals surface area contributed by atoms with E-state index < -0.39 is 0 Å². The van der Waals surface area contributed by atoms with Crippen molar-refractivity contribution in [2.75, 3.05) is 19.8 Å². The second-order valence-electron chi connectivity index (χ2n) is 6.39. The molecule has 0 fully saturated rings. The number of aromatic amines is 1. The van der Waals surface area contributed by atoms with Crippen molar-refractivity contribution in [2.24, 2.45) is 0 Å². The normalized spacial score (nSPS) is 11.7. The Morgan fingerprint density at radius 1 is 1.16 bits per heavy atom. The van der Waals surface area contributed by atoms with Crippen molar-refractivity contribution in [1.82, 2.24) is 19.9 Å². The number of nitrogen functional groups attached to an aromatic ring is 1. The highest BCUT2D eigenvalue weighted by atomic mass is 19.1. The fourth-order valence-electron chi connectivity index (χ4n) is 3.06. The molecule has 2 heterocycles. The van der Waals surface area contributed by atoms with Crippen molar-refractivity contribution >= 4 is 27.6 Å². The second-order valence-corrected chi connectivity index (χ2v) is 6.39. The maximum atomic E-state index is 14.2. The molecule has 3 N–H and O–H groups in total. The number of benzene rings is 2. The number of aromatic nitrogens is 3. The molecule has 0 spiro atoms. The van der Waals surface area contributed by atoms with Gasteiger partial charge in [0.1, 0.15) is 11.6 Å². The van der Waals surface area contributed by atoms with Gasteiger partial charge in [0.25, 0.3) is 0 Å². The van der Waals surface area contributed by atoms with Gasteiger partial charge in [-0.25, -0.2) is 9.37 Å². The maximum absolute atomic E-state index is 14.2. The third-order valence-electron chi connectivity index (χ3n) is 4.18. The van der Waals surface area contributed by atoms with Crippen LogP contribution in [0.4, 0.5) is 10.1 Å². The first-order chi connectivity index (χ1) is 12.0. The predicted molar refractivity (Wildman–Crippen MR) is 98.6 cm³/mol. The molecule has 0 saturated carbocycles. The molecule has 0 saturated heterocycles. The van der Waals surface area contributed by atoms with Crippen LogP contribution in [0.3, 0.4) is 0 Å². The fourth-order valence-corrected chi connectivity index (χ4v) is 3.06. The molecule has 4 aromatic rings. The molecule has 6 heteroatoms. The average Bonchev–Trinajstić information content (AvgIpc) is 2.97. The van der Waals surface area contributed by atoms with Crippen LogP contribution in [0.15, 0.2) is 42.6 Å². The van der Waals surface area contributed by atoms with Crippen LogP contribution in [0.25, 0.3) is 33.3 Å². The first kappa shape index (κ1) is 15.5. The standard InChI is InChI=1S/C19H18FN5/c1-25(2)10-11-6-7-14-16(8-11)24-19(23-14)12-9-22-15-5-3-4-13(20)17(15)18(12)21/h3-9H,10H2,1-2H3,(H2,21,22)(H,23,24). The van der Waals surface area contributed by atoms with E-state index in [-0.39, 0.29) is 5.82 Å². The maximum Gasteiger partial charge on any atom is 0.142 e. The Balaban J connectivity index is 1.85. The van der Waals surface area contributed by atoms with Crippen LogP contribution in [0.2, 0.25) is 0 Å². The number of nitrogens with zero attached hydrogens (tertiary/aromatic N) is 3. The molecular formula is C19H18FN5. The minimum absolute atomic E-state index is 0.328. The molecule has 0 atom stereocenters. The van der Waals surface area contributed by atoms with Gasteiger partial charge in [-0.1, -0.05) is 12.1 Å². The zero-order chi connectivity index (χ0) is 17.6. The first-order valence-corrected chi connectivity index (χ1v) is 7.99. The number of hydrogen-bond acceptors (Lipinski definition) is 4. The van der Waals surface area contributed by atoms with Crippen LogP contribution < -0.4 is 5.73 Å². The molecule has 0 aliphatic heterocycles. The summed E-state index contributed by atoms with van der Waals surface area (Å²) in [4.78, 5) is 14.3. The Hall–Kier alpha value is -2.99. The van der Waals surface area contributed by atoms with Crippen LogP contribution in [-0.4, -0.2) is 33.9 Å². The Labute approximate surface area is 144 Å². The summed E-state index contributed by atoms with van der Waals surface area (Å²) in [6, 6.07) is 10.8. The van der Waals surface area contributed by atoms with E-state index in [0.717, 1.165) is 17.6 Å². The minimum Gasteiger partial charge on any atom is -0.397 e. The average molecular weight is 335 g/mol. The summed E-state index contributed by atoms with van der Waals surface area (Å²) < 4.78 is 14.2. The summed E-state index contributed by atoms with van der Waals surface area (Å²) >= 11 is 0. The highest BCUT2D eigenvalue weighted by molar-refractivity contribution is 5.98. The molecule has 0 aliphatic carbocycles. The molecule has 0 radical (unpaired) electrons. The summed E-state index contributed by atoms with van der Waals surface area (Å²) in [5.41, 5.74) is 10.6. The van der Waals surface area contributed by atoms with E-state index in [0.29, 0.717) is 28.0 Å². The third kappa shape index (κ3) is 2.70. The SMILES string of the molecule is CN(C)Cc1ccc2nc(-c3cnc4cccc(F)c4c3N)[nH]c2c1.